The smallest absolute Gasteiger partial charge is 0.407 e. The summed E-state index contributed by atoms with van der Waals surface area (Å²) in [4.78, 5) is 102. The van der Waals surface area contributed by atoms with Crippen LogP contribution < -0.4 is 27.0 Å². The third-order valence-corrected chi connectivity index (χ3v) is 15.2. The summed E-state index contributed by atoms with van der Waals surface area (Å²) in [6, 6.07) is 5.05. The highest BCUT2D eigenvalue weighted by atomic mass is 16.7. The molecule has 0 aromatic heterocycles. The summed E-state index contributed by atoms with van der Waals surface area (Å²) in [6.07, 6.45) is 6.91. The van der Waals surface area contributed by atoms with E-state index < -0.39 is 64.9 Å². The minimum absolute atomic E-state index is 0.0207. The highest BCUT2D eigenvalue weighted by Crippen LogP contribution is 2.69. The zero-order valence-electron chi connectivity index (χ0n) is 40.8. The zero-order chi connectivity index (χ0) is 50.3. The van der Waals surface area contributed by atoms with Gasteiger partial charge in [0.1, 0.15) is 13.2 Å². The number of alkyl carbamates (subject to hydrolysis) is 1. The number of ketones is 4. The highest BCUT2D eigenvalue weighted by molar-refractivity contribution is 6.01. The zero-order valence-corrected chi connectivity index (χ0v) is 40.8. The number of amides is 5. The average Bonchev–Trinajstić information content (AvgIpc) is 3.78. The molecule has 4 aliphatic carbocycles. The number of rotatable bonds is 23. The third-order valence-electron chi connectivity index (χ3n) is 15.2. The van der Waals surface area contributed by atoms with Crippen LogP contribution in [0.1, 0.15) is 111 Å². The minimum atomic E-state index is -1.34. The second-order valence-electron chi connectivity index (χ2n) is 20.2. The van der Waals surface area contributed by atoms with Crippen LogP contribution in [0.3, 0.4) is 0 Å². The van der Waals surface area contributed by atoms with Gasteiger partial charge >= 0.3 is 12.1 Å². The SMILES string of the molecule is CCCC1O[C@@H]2C[C@H]3[C@@H]4CCC5=CC(=O)C=C[C@]5(C)[C@H]4[C@@H](O)C[C@]3(C)[C@]2(C(=O)COCCC(=O)CNC(=O)OCc2ccc(NC(=O)[C@H](CCCNC(N)=O)CC(=O)[C@@H](NC(C)=O)C(C)C)cc2)O1. The summed E-state index contributed by atoms with van der Waals surface area (Å²) >= 11 is 0. The number of ether oxygens (including phenoxy) is 4. The fraction of sp³-hybridized carbons (Fsp3) is 0.647. The van der Waals surface area contributed by atoms with Crippen molar-refractivity contribution in [2.24, 2.45) is 46.2 Å². The predicted molar refractivity (Wildman–Crippen MR) is 252 cm³/mol. The molecule has 3 saturated carbocycles. The van der Waals surface area contributed by atoms with Crippen LogP contribution in [0.5, 0.6) is 0 Å². The molecule has 0 bridgehead atoms. The first-order chi connectivity index (χ1) is 32.7. The molecular weight excluding hydrogens is 891 g/mol. The molecule has 0 spiro atoms. The maximum atomic E-state index is 14.5. The van der Waals surface area contributed by atoms with Gasteiger partial charge in [-0.1, -0.05) is 64.8 Å². The van der Waals surface area contributed by atoms with Gasteiger partial charge in [-0.05, 0) is 92.5 Å². The largest absolute Gasteiger partial charge is 0.445 e. The molecule has 18 nitrogen and oxygen atoms in total. The Morgan fingerprint density at radius 3 is 2.46 bits per heavy atom. The monoisotopic (exact) mass is 962 g/mol. The summed E-state index contributed by atoms with van der Waals surface area (Å²) in [5.74, 6) is -2.71. The lowest BCUT2D eigenvalue weighted by Gasteiger charge is -2.59. The number of hydrogen-bond donors (Lipinski definition) is 6. The van der Waals surface area contributed by atoms with Crippen LogP contribution in [0.15, 0.2) is 48.1 Å². The van der Waals surface area contributed by atoms with Gasteiger partial charge in [0.25, 0.3) is 0 Å². The van der Waals surface area contributed by atoms with E-state index in [4.69, 9.17) is 24.7 Å². The molecule has 5 aliphatic rings. The fourth-order valence-electron chi connectivity index (χ4n) is 11.9. The summed E-state index contributed by atoms with van der Waals surface area (Å²) in [7, 11) is 0. The van der Waals surface area contributed by atoms with Crippen molar-refractivity contribution in [3.63, 3.8) is 0 Å². The lowest BCUT2D eigenvalue weighted by atomic mass is 9.46. The molecule has 4 fully saturated rings. The first kappa shape index (κ1) is 53.1. The van der Waals surface area contributed by atoms with Crippen molar-refractivity contribution in [2.75, 3.05) is 31.6 Å². The fourth-order valence-corrected chi connectivity index (χ4v) is 11.9. The van der Waals surface area contributed by atoms with Gasteiger partial charge < -0.3 is 51.1 Å². The Morgan fingerprint density at radius 1 is 1.04 bits per heavy atom. The number of aliphatic hydroxyl groups is 1. The van der Waals surface area contributed by atoms with E-state index >= 15 is 0 Å². The van der Waals surface area contributed by atoms with Crippen molar-refractivity contribution >= 4 is 52.8 Å². The van der Waals surface area contributed by atoms with E-state index in [0.717, 1.165) is 24.8 Å². The standard InChI is InChI=1S/C51H71N5O13/c1-7-9-43-68-42-24-38-37-16-13-33-23-35(58)17-19-49(33,5)44(37)40(61)25-50(38,6)51(42,69-43)41(62)28-66-21-18-36(59)26-54-48(65)67-27-31-11-14-34(15-12-31)56-46(63)32(10-8-20-53-47(52)64)22-39(60)45(29(2)3)55-30(4)57/h11-12,14-15,17,19,23,29,32,37-38,40,42-45,61H,7-10,13,16,18,20-22,24-28H2,1-6H3,(H,54,65)(H,55,57)(H,56,63)(H3,52,53,64)/t32-,37+,38+,40+,42-,43?,44-,45+,49+,50+,51-/m1/s1. The molecule has 378 valence electrons. The number of primary amides is 1. The Kier molecular flexibility index (Phi) is 17.4. The Balaban J connectivity index is 0.955. The van der Waals surface area contributed by atoms with Gasteiger partial charge in [-0.25, -0.2) is 9.59 Å². The van der Waals surface area contributed by atoms with Gasteiger partial charge in [0.15, 0.2) is 35.0 Å². The van der Waals surface area contributed by atoms with Crippen molar-refractivity contribution in [1.29, 1.82) is 0 Å². The molecule has 69 heavy (non-hydrogen) atoms. The van der Waals surface area contributed by atoms with Crippen molar-refractivity contribution in [3.8, 4) is 0 Å². The van der Waals surface area contributed by atoms with Crippen LogP contribution in [-0.4, -0.2) is 109 Å². The summed E-state index contributed by atoms with van der Waals surface area (Å²) in [5, 5.41) is 22.4. The molecule has 6 rings (SSSR count). The molecule has 1 aromatic carbocycles. The number of nitrogens with one attached hydrogen (secondary N) is 4. The van der Waals surface area contributed by atoms with E-state index in [9.17, 15) is 43.5 Å². The Morgan fingerprint density at radius 2 is 1.78 bits per heavy atom. The number of nitrogens with two attached hydrogens (primary N) is 1. The van der Waals surface area contributed by atoms with E-state index in [-0.39, 0.29) is 105 Å². The van der Waals surface area contributed by atoms with E-state index in [1.54, 1.807) is 50.3 Å². The molecule has 0 radical (unpaired) electrons. The topological polar surface area (TPSA) is 268 Å². The number of fused-ring (bicyclic) bond motifs is 7. The number of urea groups is 1. The number of Topliss-reactive ketones (excluding diaryl/α,β-unsaturated/α-hetero) is 3. The Labute approximate surface area is 404 Å². The maximum Gasteiger partial charge on any atom is 0.407 e. The molecule has 1 saturated heterocycles. The van der Waals surface area contributed by atoms with Crippen molar-refractivity contribution in [1.82, 2.24) is 16.0 Å². The number of benzene rings is 1. The molecule has 1 aliphatic heterocycles. The van der Waals surface area contributed by atoms with Crippen LogP contribution in [0.4, 0.5) is 15.3 Å². The molecule has 18 heteroatoms. The van der Waals surface area contributed by atoms with Crippen LogP contribution >= 0.6 is 0 Å². The van der Waals surface area contributed by atoms with Gasteiger partial charge in [-0.3, -0.25) is 28.8 Å². The van der Waals surface area contributed by atoms with Crippen LogP contribution in [0.2, 0.25) is 0 Å². The molecule has 5 amide bonds. The third kappa shape index (κ3) is 11.8. The van der Waals surface area contributed by atoms with Crippen LogP contribution in [-0.2, 0) is 54.3 Å². The number of anilines is 1. The highest BCUT2D eigenvalue weighted by Gasteiger charge is 2.75. The summed E-state index contributed by atoms with van der Waals surface area (Å²) in [6.45, 7) is 10.5. The van der Waals surface area contributed by atoms with E-state index in [1.165, 1.54) is 6.92 Å². The summed E-state index contributed by atoms with van der Waals surface area (Å²) < 4.78 is 24.3. The summed E-state index contributed by atoms with van der Waals surface area (Å²) in [5.41, 5.74) is 4.68. The van der Waals surface area contributed by atoms with Crippen molar-refractivity contribution in [2.45, 2.75) is 142 Å². The number of carbonyl (C=O) groups is 8. The molecule has 1 aromatic rings. The number of allylic oxidation sites excluding steroid dienone is 4. The lowest BCUT2D eigenvalue weighted by molar-refractivity contribution is -0.201. The van der Waals surface area contributed by atoms with Gasteiger partial charge in [0.05, 0.1) is 31.4 Å². The molecule has 7 N–H and O–H groups in total. The van der Waals surface area contributed by atoms with Gasteiger partial charge in [0, 0.05) is 54.7 Å². The van der Waals surface area contributed by atoms with E-state index in [1.807, 2.05) is 19.9 Å². The normalized spacial score (nSPS) is 29.6. The minimum Gasteiger partial charge on any atom is -0.445 e. The van der Waals surface area contributed by atoms with Gasteiger partial charge in [-0.15, -0.1) is 0 Å². The number of carbonyl (C=O) groups excluding carboxylic acids is 8. The quantitative estimate of drug-likeness (QED) is 0.0810. The van der Waals surface area contributed by atoms with Crippen LogP contribution in [0.25, 0.3) is 0 Å². The van der Waals surface area contributed by atoms with E-state index in [0.29, 0.717) is 36.9 Å². The first-order valence-corrected chi connectivity index (χ1v) is 24.4. The first-order valence-electron chi connectivity index (χ1n) is 24.4. The van der Waals surface area contributed by atoms with Gasteiger partial charge in [-0.2, -0.15) is 0 Å². The Bertz CT molecular complexity index is 2180. The van der Waals surface area contributed by atoms with Crippen LogP contribution in [0, 0.1) is 40.4 Å². The van der Waals surface area contributed by atoms with Gasteiger partial charge in [0.2, 0.25) is 11.8 Å². The maximum absolute atomic E-state index is 14.5. The lowest BCUT2D eigenvalue weighted by Crippen LogP contribution is -2.63. The van der Waals surface area contributed by atoms with Crippen molar-refractivity contribution in [3.05, 3.63) is 53.6 Å². The molecule has 1 unspecified atom stereocenters. The number of hydrogen-bond acceptors (Lipinski definition) is 13. The molecule has 1 heterocycles. The molecule has 11 atom stereocenters. The average molecular weight is 962 g/mol. The Hall–Kier alpha value is -5.30. The second kappa shape index (κ2) is 22.6. The second-order valence-corrected chi connectivity index (χ2v) is 20.2. The number of aliphatic hydroxyl groups excluding tert-OH is 1. The predicted octanol–water partition coefficient (Wildman–Crippen LogP) is 4.75. The molecular formula is C51H71N5O13. The van der Waals surface area contributed by atoms with E-state index in [2.05, 4.69) is 28.2 Å². The van der Waals surface area contributed by atoms with Crippen molar-refractivity contribution < 1.29 is 62.4 Å².